The molecule has 88 valence electrons. The second kappa shape index (κ2) is 5.12. The summed E-state index contributed by atoms with van der Waals surface area (Å²) in [5, 5.41) is 7.19. The van der Waals surface area contributed by atoms with E-state index >= 15 is 0 Å². The fourth-order valence-electron chi connectivity index (χ4n) is 2.24. The Hall–Kier alpha value is -1.36. The van der Waals surface area contributed by atoms with Gasteiger partial charge >= 0.3 is 0 Å². The van der Waals surface area contributed by atoms with Crippen molar-refractivity contribution in [3.05, 3.63) is 18.5 Å². The average Bonchev–Trinajstić information content (AvgIpc) is 2.89. The van der Waals surface area contributed by atoms with E-state index < -0.39 is 0 Å². The van der Waals surface area contributed by atoms with Crippen LogP contribution < -0.4 is 5.32 Å². The van der Waals surface area contributed by atoms with Crippen molar-refractivity contribution in [1.82, 2.24) is 20.0 Å². The third kappa shape index (κ3) is 2.41. The zero-order valence-electron chi connectivity index (χ0n) is 9.59. The second-order valence-corrected chi connectivity index (χ2v) is 4.14. The maximum absolute atomic E-state index is 12.0. The highest BCUT2D eigenvalue weighted by atomic mass is 16.2. The average molecular weight is 222 g/mol. The number of carbonyl (C=O) groups excluding carboxylic acids is 1. The van der Waals surface area contributed by atoms with Crippen molar-refractivity contribution in [2.24, 2.45) is 0 Å². The van der Waals surface area contributed by atoms with Gasteiger partial charge in [-0.15, -0.1) is 0 Å². The number of aromatic nitrogens is 2. The summed E-state index contributed by atoms with van der Waals surface area (Å²) < 4.78 is 1.68. The van der Waals surface area contributed by atoms with Crippen molar-refractivity contribution in [3.63, 3.8) is 0 Å². The maximum atomic E-state index is 12.0. The predicted molar refractivity (Wildman–Crippen MR) is 60.9 cm³/mol. The van der Waals surface area contributed by atoms with Crippen molar-refractivity contribution in [1.29, 1.82) is 0 Å². The lowest BCUT2D eigenvalue weighted by Gasteiger charge is -2.24. The molecular formula is C11H18N4O. The van der Waals surface area contributed by atoms with Gasteiger partial charge in [0.1, 0.15) is 6.54 Å². The van der Waals surface area contributed by atoms with E-state index in [2.05, 4.69) is 10.4 Å². The molecule has 0 aromatic carbocycles. The van der Waals surface area contributed by atoms with E-state index in [9.17, 15) is 4.79 Å². The van der Waals surface area contributed by atoms with E-state index in [4.69, 9.17) is 0 Å². The van der Waals surface area contributed by atoms with Gasteiger partial charge in [0.15, 0.2) is 0 Å². The summed E-state index contributed by atoms with van der Waals surface area (Å²) in [5.74, 6) is 0.168. The number of likely N-dealkylation sites (N-methyl/N-ethyl adjacent to an activating group) is 1. The fourth-order valence-corrected chi connectivity index (χ4v) is 2.24. The molecular weight excluding hydrogens is 204 g/mol. The van der Waals surface area contributed by atoms with Crippen molar-refractivity contribution < 1.29 is 4.79 Å². The van der Waals surface area contributed by atoms with Crippen LogP contribution in [-0.4, -0.2) is 46.8 Å². The first-order valence-corrected chi connectivity index (χ1v) is 5.73. The quantitative estimate of drug-likeness (QED) is 0.785. The van der Waals surface area contributed by atoms with Crippen LogP contribution in [0.1, 0.15) is 12.8 Å². The Bertz CT molecular complexity index is 336. The zero-order chi connectivity index (χ0) is 11.4. The Labute approximate surface area is 95.4 Å². The summed E-state index contributed by atoms with van der Waals surface area (Å²) in [6.07, 6.45) is 5.73. The first kappa shape index (κ1) is 11.1. The lowest BCUT2D eigenvalue weighted by Crippen LogP contribution is -2.42. The van der Waals surface area contributed by atoms with E-state index in [1.807, 2.05) is 24.2 Å². The first-order valence-electron chi connectivity index (χ1n) is 5.73. The summed E-state index contributed by atoms with van der Waals surface area (Å²) in [6.45, 7) is 2.12. The molecule has 0 spiro atoms. The fraction of sp³-hybridized carbons (Fsp3) is 0.636. The van der Waals surface area contributed by atoms with Crippen molar-refractivity contribution in [2.75, 3.05) is 20.1 Å². The van der Waals surface area contributed by atoms with Gasteiger partial charge in [0.25, 0.3) is 0 Å². The normalized spacial score (nSPS) is 20.3. The summed E-state index contributed by atoms with van der Waals surface area (Å²) >= 11 is 0. The number of nitrogens with zero attached hydrogens (tertiary/aromatic N) is 3. The van der Waals surface area contributed by atoms with Crippen LogP contribution in [0.25, 0.3) is 0 Å². The minimum atomic E-state index is 0.168. The molecule has 0 aliphatic carbocycles. The molecule has 5 heteroatoms. The topological polar surface area (TPSA) is 50.2 Å². The Morgan fingerprint density at radius 2 is 2.50 bits per heavy atom. The molecule has 0 radical (unpaired) electrons. The van der Waals surface area contributed by atoms with E-state index in [1.54, 1.807) is 10.9 Å². The van der Waals surface area contributed by atoms with Crippen LogP contribution in [0.5, 0.6) is 0 Å². The van der Waals surface area contributed by atoms with Gasteiger partial charge < -0.3 is 10.2 Å². The zero-order valence-corrected chi connectivity index (χ0v) is 9.59. The lowest BCUT2D eigenvalue weighted by molar-refractivity contribution is -0.132. The summed E-state index contributed by atoms with van der Waals surface area (Å²) in [7, 11) is 1.93. The van der Waals surface area contributed by atoms with Crippen LogP contribution in [0, 0.1) is 0 Å². The molecule has 1 amide bonds. The monoisotopic (exact) mass is 222 g/mol. The number of hydrogen-bond donors (Lipinski definition) is 1. The Morgan fingerprint density at radius 1 is 1.62 bits per heavy atom. The van der Waals surface area contributed by atoms with Crippen LogP contribution in [0.15, 0.2) is 18.5 Å². The van der Waals surface area contributed by atoms with Gasteiger partial charge in [0.05, 0.1) is 0 Å². The Kier molecular flexibility index (Phi) is 3.56. The minimum absolute atomic E-state index is 0.168. The molecule has 5 nitrogen and oxygen atoms in total. The molecule has 0 saturated carbocycles. The molecule has 1 unspecified atom stereocenters. The van der Waals surface area contributed by atoms with Crippen LogP contribution in [0.2, 0.25) is 0 Å². The maximum Gasteiger partial charge on any atom is 0.244 e. The second-order valence-electron chi connectivity index (χ2n) is 4.14. The number of hydrogen-bond acceptors (Lipinski definition) is 3. The molecule has 1 fully saturated rings. The first-order chi connectivity index (χ1) is 7.81. The van der Waals surface area contributed by atoms with Crippen molar-refractivity contribution >= 4 is 5.91 Å². The number of nitrogens with one attached hydrogen (secondary N) is 1. The molecule has 0 bridgehead atoms. The molecule has 1 saturated heterocycles. The summed E-state index contributed by atoms with van der Waals surface area (Å²) in [4.78, 5) is 14.0. The largest absolute Gasteiger partial charge is 0.337 e. The smallest absolute Gasteiger partial charge is 0.244 e. The van der Waals surface area contributed by atoms with E-state index in [0.29, 0.717) is 12.6 Å². The van der Waals surface area contributed by atoms with Crippen LogP contribution in [0.4, 0.5) is 0 Å². The number of rotatable bonds is 4. The van der Waals surface area contributed by atoms with Crippen LogP contribution in [0.3, 0.4) is 0 Å². The number of carbonyl (C=O) groups is 1. The molecule has 1 aliphatic heterocycles. The van der Waals surface area contributed by atoms with Crippen molar-refractivity contribution in [3.8, 4) is 0 Å². The Balaban J connectivity index is 1.93. The number of amides is 1. The van der Waals surface area contributed by atoms with Crippen molar-refractivity contribution in [2.45, 2.75) is 25.4 Å². The molecule has 16 heavy (non-hydrogen) atoms. The van der Waals surface area contributed by atoms with E-state index in [0.717, 1.165) is 25.9 Å². The molecule has 1 N–H and O–H groups in total. The minimum Gasteiger partial charge on any atom is -0.337 e. The van der Waals surface area contributed by atoms with Gasteiger partial charge in [-0.3, -0.25) is 9.48 Å². The highest BCUT2D eigenvalue weighted by molar-refractivity contribution is 5.76. The van der Waals surface area contributed by atoms with Gasteiger partial charge in [-0.1, -0.05) is 0 Å². The highest BCUT2D eigenvalue weighted by Crippen LogP contribution is 2.16. The summed E-state index contributed by atoms with van der Waals surface area (Å²) in [5.41, 5.74) is 0. The Morgan fingerprint density at radius 3 is 3.19 bits per heavy atom. The predicted octanol–water partition coefficient (Wildman–Crippen LogP) is 0.0935. The van der Waals surface area contributed by atoms with Gasteiger partial charge in [-0.25, -0.2) is 0 Å². The molecule has 1 atom stereocenters. The number of likely N-dealkylation sites (tertiary alicyclic amines) is 1. The standard InChI is InChI=1S/C11H18N4O/c1-12-8-10-4-2-7-15(10)11(16)9-14-6-3-5-13-14/h3,5-6,10,12H,2,4,7-9H2,1H3. The SMILES string of the molecule is CNCC1CCCN1C(=O)Cn1cccn1. The van der Waals surface area contributed by atoms with Gasteiger partial charge in [-0.2, -0.15) is 5.10 Å². The van der Waals surface area contributed by atoms with E-state index in [-0.39, 0.29) is 5.91 Å². The molecule has 1 aromatic heterocycles. The van der Waals surface area contributed by atoms with Gasteiger partial charge in [0, 0.05) is 31.5 Å². The highest BCUT2D eigenvalue weighted by Gasteiger charge is 2.27. The third-order valence-electron chi connectivity index (χ3n) is 2.99. The molecule has 1 aromatic rings. The molecule has 2 heterocycles. The summed E-state index contributed by atoms with van der Waals surface area (Å²) in [6, 6.07) is 2.19. The van der Waals surface area contributed by atoms with Gasteiger partial charge in [0.2, 0.25) is 5.91 Å². The molecule has 1 aliphatic rings. The van der Waals surface area contributed by atoms with Crippen LogP contribution >= 0.6 is 0 Å². The van der Waals surface area contributed by atoms with E-state index in [1.165, 1.54) is 0 Å². The van der Waals surface area contributed by atoms with Crippen LogP contribution in [-0.2, 0) is 11.3 Å². The molecule has 2 rings (SSSR count). The van der Waals surface area contributed by atoms with Gasteiger partial charge in [-0.05, 0) is 26.0 Å². The lowest BCUT2D eigenvalue weighted by atomic mass is 10.2. The third-order valence-corrected chi connectivity index (χ3v) is 2.99.